The zero-order chi connectivity index (χ0) is 12.8. The summed E-state index contributed by atoms with van der Waals surface area (Å²) in [6, 6.07) is 6.01. The monoisotopic (exact) mass is 307 g/mol. The molecule has 3 heteroatoms. The predicted octanol–water partition coefficient (Wildman–Crippen LogP) is 3.35. The van der Waals surface area contributed by atoms with Gasteiger partial charge in [-0.3, -0.25) is 0 Å². The quantitative estimate of drug-likeness (QED) is 0.616. The minimum absolute atomic E-state index is 0.316. The molecule has 96 valence electrons. The third-order valence-corrected chi connectivity index (χ3v) is 3.57. The molecular weight excluding hydrogens is 290 g/mol. The summed E-state index contributed by atoms with van der Waals surface area (Å²) in [7, 11) is 0. The first kappa shape index (κ1) is 13.5. The predicted molar refractivity (Wildman–Crippen MR) is 77.5 cm³/mol. The Kier molecular flexibility index (Phi) is 5.10. The molecule has 0 radical (unpaired) electrons. The third-order valence-electron chi connectivity index (χ3n) is 3.08. The summed E-state index contributed by atoms with van der Waals surface area (Å²) in [5, 5.41) is 3.46. The average molecular weight is 308 g/mol. The molecule has 1 aliphatic carbocycles. The lowest BCUT2D eigenvalue weighted by Crippen LogP contribution is -2.16. The minimum atomic E-state index is 0.316. The van der Waals surface area contributed by atoms with Crippen LogP contribution in [-0.2, 0) is 6.54 Å². The van der Waals surface area contributed by atoms with E-state index in [1.54, 1.807) is 0 Å². The van der Waals surface area contributed by atoms with Crippen molar-refractivity contribution >= 4 is 15.9 Å². The van der Waals surface area contributed by atoms with Crippen LogP contribution in [-0.4, -0.2) is 13.2 Å². The highest BCUT2D eigenvalue weighted by Crippen LogP contribution is 2.31. The van der Waals surface area contributed by atoms with E-state index in [2.05, 4.69) is 33.2 Å². The normalized spacial score (nSPS) is 14.2. The fourth-order valence-electron chi connectivity index (χ4n) is 1.88. The first-order chi connectivity index (χ1) is 8.79. The topological polar surface area (TPSA) is 21.3 Å². The summed E-state index contributed by atoms with van der Waals surface area (Å²) in [4.78, 5) is 0. The van der Waals surface area contributed by atoms with Crippen LogP contribution in [0.2, 0.25) is 0 Å². The number of hydrogen-bond donors (Lipinski definition) is 1. The SMILES string of the molecule is C#CCOc1ccc(Br)cc1CNCCC1CC1. The second-order valence-corrected chi connectivity index (χ2v) is 5.57. The summed E-state index contributed by atoms with van der Waals surface area (Å²) < 4.78 is 6.60. The largest absolute Gasteiger partial charge is 0.481 e. The standard InChI is InChI=1S/C15H18BrNO/c1-2-9-18-15-6-5-14(16)10-13(15)11-17-8-7-12-3-4-12/h1,5-6,10,12,17H,3-4,7-9,11H2. The van der Waals surface area contributed by atoms with Crippen molar-refractivity contribution in [3.63, 3.8) is 0 Å². The van der Waals surface area contributed by atoms with E-state index in [4.69, 9.17) is 11.2 Å². The Morgan fingerprint density at radius 1 is 1.44 bits per heavy atom. The maximum atomic E-state index is 5.53. The van der Waals surface area contributed by atoms with Crippen molar-refractivity contribution in [3.05, 3.63) is 28.2 Å². The lowest BCUT2D eigenvalue weighted by molar-refractivity contribution is 0.364. The molecule has 0 bridgehead atoms. The summed E-state index contributed by atoms with van der Waals surface area (Å²) in [6.07, 6.45) is 9.33. The molecule has 1 saturated carbocycles. The van der Waals surface area contributed by atoms with Gasteiger partial charge >= 0.3 is 0 Å². The maximum Gasteiger partial charge on any atom is 0.148 e. The van der Waals surface area contributed by atoms with Crippen molar-refractivity contribution in [2.24, 2.45) is 5.92 Å². The highest BCUT2D eigenvalue weighted by molar-refractivity contribution is 9.10. The highest BCUT2D eigenvalue weighted by atomic mass is 79.9. The zero-order valence-electron chi connectivity index (χ0n) is 10.4. The van der Waals surface area contributed by atoms with Gasteiger partial charge in [-0.2, -0.15) is 0 Å². The van der Waals surface area contributed by atoms with Crippen LogP contribution in [0.4, 0.5) is 0 Å². The van der Waals surface area contributed by atoms with Crippen molar-refractivity contribution in [2.45, 2.75) is 25.8 Å². The van der Waals surface area contributed by atoms with Gasteiger partial charge in [0.05, 0.1) is 0 Å². The molecule has 1 N–H and O–H groups in total. The van der Waals surface area contributed by atoms with E-state index in [0.717, 1.165) is 34.8 Å². The van der Waals surface area contributed by atoms with Crippen LogP contribution in [0, 0.1) is 18.3 Å². The molecule has 1 aromatic carbocycles. The molecular formula is C15H18BrNO. The van der Waals surface area contributed by atoms with Crippen LogP contribution in [0.25, 0.3) is 0 Å². The molecule has 2 nitrogen and oxygen atoms in total. The van der Waals surface area contributed by atoms with E-state index in [9.17, 15) is 0 Å². The molecule has 1 aliphatic rings. The van der Waals surface area contributed by atoms with Crippen LogP contribution in [0.15, 0.2) is 22.7 Å². The van der Waals surface area contributed by atoms with Crippen molar-refractivity contribution in [3.8, 4) is 18.1 Å². The first-order valence-electron chi connectivity index (χ1n) is 6.35. The summed E-state index contributed by atoms with van der Waals surface area (Å²) in [5.74, 6) is 4.33. The van der Waals surface area contributed by atoms with E-state index >= 15 is 0 Å². The van der Waals surface area contributed by atoms with E-state index in [0.29, 0.717) is 6.61 Å². The van der Waals surface area contributed by atoms with Gasteiger partial charge in [0.15, 0.2) is 0 Å². The van der Waals surface area contributed by atoms with Crippen molar-refractivity contribution in [1.82, 2.24) is 5.32 Å². The van der Waals surface area contributed by atoms with Gasteiger partial charge < -0.3 is 10.1 Å². The molecule has 0 heterocycles. The second-order valence-electron chi connectivity index (χ2n) is 4.65. The summed E-state index contributed by atoms with van der Waals surface area (Å²) in [6.45, 7) is 2.22. The molecule has 2 rings (SSSR count). The Morgan fingerprint density at radius 2 is 2.28 bits per heavy atom. The molecule has 0 atom stereocenters. The fraction of sp³-hybridized carbons (Fsp3) is 0.467. The lowest BCUT2D eigenvalue weighted by Gasteiger charge is -2.11. The molecule has 0 unspecified atom stereocenters. The van der Waals surface area contributed by atoms with Crippen LogP contribution in [0.3, 0.4) is 0 Å². The summed E-state index contributed by atoms with van der Waals surface area (Å²) >= 11 is 3.48. The minimum Gasteiger partial charge on any atom is -0.481 e. The average Bonchev–Trinajstić information content (AvgIpc) is 3.17. The Hall–Kier alpha value is -0.980. The van der Waals surface area contributed by atoms with Gasteiger partial charge in [-0.15, -0.1) is 6.42 Å². The van der Waals surface area contributed by atoms with Crippen LogP contribution < -0.4 is 10.1 Å². The smallest absolute Gasteiger partial charge is 0.148 e. The van der Waals surface area contributed by atoms with Crippen molar-refractivity contribution in [1.29, 1.82) is 0 Å². The molecule has 18 heavy (non-hydrogen) atoms. The first-order valence-corrected chi connectivity index (χ1v) is 7.14. The fourth-order valence-corrected chi connectivity index (χ4v) is 2.29. The van der Waals surface area contributed by atoms with E-state index < -0.39 is 0 Å². The number of terminal acetylenes is 1. The molecule has 0 saturated heterocycles. The van der Waals surface area contributed by atoms with Crippen LogP contribution >= 0.6 is 15.9 Å². The Bertz CT molecular complexity index is 435. The van der Waals surface area contributed by atoms with Gasteiger partial charge in [0.1, 0.15) is 12.4 Å². The number of nitrogens with one attached hydrogen (secondary N) is 1. The lowest BCUT2D eigenvalue weighted by atomic mass is 10.2. The molecule has 0 aliphatic heterocycles. The van der Waals surface area contributed by atoms with E-state index in [1.165, 1.54) is 19.3 Å². The van der Waals surface area contributed by atoms with Crippen LogP contribution in [0.1, 0.15) is 24.8 Å². The Balaban J connectivity index is 1.86. The van der Waals surface area contributed by atoms with Gasteiger partial charge in [-0.05, 0) is 37.1 Å². The number of benzene rings is 1. The van der Waals surface area contributed by atoms with Crippen molar-refractivity contribution in [2.75, 3.05) is 13.2 Å². The molecule has 1 aromatic rings. The highest BCUT2D eigenvalue weighted by Gasteiger charge is 2.20. The van der Waals surface area contributed by atoms with Gasteiger partial charge in [-0.1, -0.05) is 34.7 Å². The van der Waals surface area contributed by atoms with Gasteiger partial charge in [0.25, 0.3) is 0 Å². The Morgan fingerprint density at radius 3 is 3.00 bits per heavy atom. The van der Waals surface area contributed by atoms with Crippen molar-refractivity contribution < 1.29 is 4.74 Å². The van der Waals surface area contributed by atoms with Gasteiger partial charge in [0.2, 0.25) is 0 Å². The summed E-state index contributed by atoms with van der Waals surface area (Å²) in [5.41, 5.74) is 1.15. The van der Waals surface area contributed by atoms with E-state index in [1.807, 2.05) is 12.1 Å². The second kappa shape index (κ2) is 6.82. The number of ether oxygens (including phenoxy) is 1. The third kappa shape index (κ3) is 4.36. The molecule has 0 amide bonds. The Labute approximate surface area is 117 Å². The number of hydrogen-bond acceptors (Lipinski definition) is 2. The van der Waals surface area contributed by atoms with Crippen LogP contribution in [0.5, 0.6) is 5.75 Å². The molecule has 0 spiro atoms. The molecule has 1 fully saturated rings. The number of rotatable bonds is 7. The van der Waals surface area contributed by atoms with E-state index in [-0.39, 0.29) is 0 Å². The van der Waals surface area contributed by atoms with Gasteiger partial charge in [0, 0.05) is 16.6 Å². The number of halogens is 1. The van der Waals surface area contributed by atoms with Gasteiger partial charge in [-0.25, -0.2) is 0 Å². The zero-order valence-corrected chi connectivity index (χ0v) is 12.0. The molecule has 0 aromatic heterocycles. The maximum absolute atomic E-state index is 5.53.